The van der Waals surface area contributed by atoms with Crippen molar-refractivity contribution in [1.29, 1.82) is 0 Å². The van der Waals surface area contributed by atoms with E-state index in [-0.39, 0.29) is 5.97 Å². The molecular formula is C51H90O29. The summed E-state index contributed by atoms with van der Waals surface area (Å²) < 4.78 is 77.5. The smallest absolute Gasteiger partial charge is 0.305 e. The first-order chi connectivity index (χ1) is 38.0. The molecule has 0 aromatic rings. The van der Waals surface area contributed by atoms with Gasteiger partial charge in [0.2, 0.25) is 0 Å². The summed E-state index contributed by atoms with van der Waals surface area (Å²) in [5, 5.41) is 165. The minimum atomic E-state index is -2.19. The molecule has 6 rings (SSSR count). The van der Waals surface area contributed by atoms with Gasteiger partial charge in [0.25, 0.3) is 0 Å². The van der Waals surface area contributed by atoms with Crippen molar-refractivity contribution in [2.24, 2.45) is 0 Å². The maximum absolute atomic E-state index is 12.4. The van der Waals surface area contributed by atoms with Crippen molar-refractivity contribution in [3.05, 3.63) is 0 Å². The average Bonchev–Trinajstić information content (AvgIpc) is 3.43. The molecule has 15 N–H and O–H groups in total. The summed E-state index contributed by atoms with van der Waals surface area (Å²) in [6, 6.07) is 0. The molecule has 29 heteroatoms. The SMILES string of the molecule is CCCC(CCCCCCCCCC(=O)OC)OC1OC(C)C(O)C(O)C1OC1OC(CO)C(O)C(O)C1OC1OC(C)C(OC2OC(C)C(O)C(O)C2O)C(OC2OC(CO)C(O)C(O)C2OC2OC(C)C(O)C(O)C2O)C1O. The Morgan fingerprint density at radius 2 is 0.762 bits per heavy atom. The molecule has 6 aliphatic heterocycles. The van der Waals surface area contributed by atoms with Crippen LogP contribution in [0, 0.1) is 0 Å². The highest BCUT2D eigenvalue weighted by Crippen LogP contribution is 2.39. The summed E-state index contributed by atoms with van der Waals surface area (Å²) >= 11 is 0. The van der Waals surface area contributed by atoms with Gasteiger partial charge in [0.1, 0.15) is 122 Å². The normalized spacial score (nSPS) is 47.0. The second kappa shape index (κ2) is 31.2. The summed E-state index contributed by atoms with van der Waals surface area (Å²) in [5.41, 5.74) is 0. The summed E-state index contributed by atoms with van der Waals surface area (Å²) in [6.45, 7) is 5.74. The molecule has 31 unspecified atom stereocenters. The van der Waals surface area contributed by atoms with Gasteiger partial charge in [0, 0.05) is 6.42 Å². The van der Waals surface area contributed by atoms with Gasteiger partial charge in [-0.1, -0.05) is 51.9 Å². The van der Waals surface area contributed by atoms with E-state index in [2.05, 4.69) is 0 Å². The number of carbonyl (C=O) groups excluding carboxylic acids is 1. The fourth-order valence-electron chi connectivity index (χ4n) is 10.8. The molecular weight excluding hydrogens is 1080 g/mol. The van der Waals surface area contributed by atoms with Crippen molar-refractivity contribution in [3.8, 4) is 0 Å². The largest absolute Gasteiger partial charge is 0.469 e. The van der Waals surface area contributed by atoms with Crippen LogP contribution in [0.3, 0.4) is 0 Å². The highest BCUT2D eigenvalue weighted by atomic mass is 16.8. The Morgan fingerprint density at radius 3 is 1.24 bits per heavy atom. The number of carbonyl (C=O) groups is 1. The van der Waals surface area contributed by atoms with E-state index in [0.717, 1.165) is 44.9 Å². The number of esters is 1. The molecule has 0 aromatic carbocycles. The topological polar surface area (TPSA) is 441 Å². The van der Waals surface area contributed by atoms with Crippen LogP contribution in [0.4, 0.5) is 0 Å². The zero-order chi connectivity index (χ0) is 58.9. The third kappa shape index (κ3) is 16.3. The Kier molecular flexibility index (Phi) is 26.3. The quantitative estimate of drug-likeness (QED) is 0.0285. The van der Waals surface area contributed by atoms with Gasteiger partial charge >= 0.3 is 5.97 Å². The molecule has 31 atom stereocenters. The second-order valence-corrected chi connectivity index (χ2v) is 21.8. The van der Waals surface area contributed by atoms with Crippen LogP contribution in [0.25, 0.3) is 0 Å². The van der Waals surface area contributed by atoms with Crippen molar-refractivity contribution < 1.29 is 143 Å². The first-order valence-corrected chi connectivity index (χ1v) is 28.0. The number of aliphatic hydroxyl groups is 15. The van der Waals surface area contributed by atoms with E-state index in [1.165, 1.54) is 34.8 Å². The van der Waals surface area contributed by atoms with Crippen LogP contribution < -0.4 is 0 Å². The third-order valence-corrected chi connectivity index (χ3v) is 15.8. The Hall–Kier alpha value is -1.61. The van der Waals surface area contributed by atoms with Crippen molar-refractivity contribution in [2.45, 2.75) is 296 Å². The van der Waals surface area contributed by atoms with Gasteiger partial charge in [-0.2, -0.15) is 0 Å². The monoisotopic (exact) mass is 1170 g/mol. The van der Waals surface area contributed by atoms with Crippen LogP contribution in [0.15, 0.2) is 0 Å². The molecule has 0 aromatic heterocycles. The van der Waals surface area contributed by atoms with Crippen molar-refractivity contribution >= 4 is 5.97 Å². The summed E-state index contributed by atoms with van der Waals surface area (Å²) in [7, 11) is 1.36. The lowest BCUT2D eigenvalue weighted by Crippen LogP contribution is -2.69. The number of hydrogen-bond donors (Lipinski definition) is 15. The number of aliphatic hydroxyl groups excluding tert-OH is 15. The average molecular weight is 1170 g/mol. The maximum atomic E-state index is 12.4. The second-order valence-electron chi connectivity index (χ2n) is 21.8. The fraction of sp³-hybridized carbons (Fsp3) is 0.980. The van der Waals surface area contributed by atoms with Crippen LogP contribution in [0.1, 0.15) is 105 Å². The molecule has 80 heavy (non-hydrogen) atoms. The Labute approximate surface area is 464 Å². The van der Waals surface area contributed by atoms with E-state index in [9.17, 15) is 81.4 Å². The minimum Gasteiger partial charge on any atom is -0.469 e. The fourth-order valence-corrected chi connectivity index (χ4v) is 10.8. The molecule has 29 nitrogen and oxygen atoms in total. The van der Waals surface area contributed by atoms with Gasteiger partial charge in [-0.25, -0.2) is 0 Å². The zero-order valence-corrected chi connectivity index (χ0v) is 46.0. The van der Waals surface area contributed by atoms with Gasteiger partial charge in [0.05, 0.1) is 50.8 Å². The molecule has 0 amide bonds. The molecule has 6 saturated heterocycles. The summed E-state index contributed by atoms with van der Waals surface area (Å²) in [4.78, 5) is 11.4. The number of rotatable bonds is 26. The lowest BCUT2D eigenvalue weighted by atomic mass is 9.95. The molecule has 0 saturated carbocycles. The van der Waals surface area contributed by atoms with Crippen LogP contribution in [-0.2, 0) is 66.4 Å². The third-order valence-electron chi connectivity index (χ3n) is 15.8. The lowest BCUT2D eigenvalue weighted by Gasteiger charge is -2.51. The van der Waals surface area contributed by atoms with Crippen molar-refractivity contribution in [1.82, 2.24) is 0 Å². The van der Waals surface area contributed by atoms with E-state index < -0.39 is 204 Å². The molecule has 0 spiro atoms. The molecule has 6 aliphatic rings. The molecule has 0 aliphatic carbocycles. The van der Waals surface area contributed by atoms with Gasteiger partial charge in [-0.3, -0.25) is 4.79 Å². The van der Waals surface area contributed by atoms with E-state index in [0.29, 0.717) is 25.7 Å². The van der Waals surface area contributed by atoms with Gasteiger partial charge in [0.15, 0.2) is 37.7 Å². The summed E-state index contributed by atoms with van der Waals surface area (Å²) in [6.07, 6.45) is -44.0. The van der Waals surface area contributed by atoms with E-state index in [1.54, 1.807) is 0 Å². The van der Waals surface area contributed by atoms with Gasteiger partial charge < -0.3 is 138 Å². The predicted octanol–water partition coefficient (Wildman–Crippen LogP) is -5.11. The zero-order valence-electron chi connectivity index (χ0n) is 46.0. The molecule has 0 radical (unpaired) electrons. The number of ether oxygens (including phenoxy) is 13. The first-order valence-electron chi connectivity index (χ1n) is 28.0. The molecule has 6 heterocycles. The molecule has 0 bridgehead atoms. The Balaban J connectivity index is 1.26. The van der Waals surface area contributed by atoms with Crippen LogP contribution in [-0.4, -0.2) is 293 Å². The van der Waals surface area contributed by atoms with E-state index in [1.807, 2.05) is 6.92 Å². The van der Waals surface area contributed by atoms with E-state index >= 15 is 0 Å². The Bertz CT molecular complexity index is 1810. The highest BCUT2D eigenvalue weighted by Gasteiger charge is 2.58. The number of unbranched alkanes of at least 4 members (excludes halogenated alkanes) is 6. The predicted molar refractivity (Wildman–Crippen MR) is 265 cm³/mol. The van der Waals surface area contributed by atoms with Crippen LogP contribution >= 0.6 is 0 Å². The first kappa shape index (κ1) is 67.5. The molecule has 468 valence electrons. The van der Waals surface area contributed by atoms with E-state index in [4.69, 9.17) is 61.6 Å². The maximum Gasteiger partial charge on any atom is 0.305 e. The molecule has 6 fully saturated rings. The van der Waals surface area contributed by atoms with Crippen LogP contribution in [0.2, 0.25) is 0 Å². The minimum absolute atomic E-state index is 0.237. The standard InChI is InChI=1S/C51H90O29/c1-7-15-24(16-13-11-9-8-10-12-14-17-27(54)68-6)73-49-43(35(62)30(57)22(4)71-49)80-51-45(37(64)32(59)26(19-53)75-51)79-48-40(67)42(41(23(5)72-48)76-46-38(65)33(60)28(55)20(2)69-46)77-50-44(36(63)31(58)25(18-52)74-50)78-47-39(66)34(61)29(56)21(3)70-47/h20-26,28-53,55-67H,7-19H2,1-6H3. The van der Waals surface area contributed by atoms with Gasteiger partial charge in [-0.15, -0.1) is 0 Å². The number of methoxy groups -OCH3 is 1. The van der Waals surface area contributed by atoms with Crippen LogP contribution in [0.5, 0.6) is 0 Å². The highest BCUT2D eigenvalue weighted by molar-refractivity contribution is 5.68. The lowest BCUT2D eigenvalue weighted by molar-refractivity contribution is -0.414. The number of hydrogen-bond acceptors (Lipinski definition) is 29. The van der Waals surface area contributed by atoms with Gasteiger partial charge in [-0.05, 0) is 47.0 Å². The summed E-state index contributed by atoms with van der Waals surface area (Å²) in [5.74, 6) is -0.237. The van der Waals surface area contributed by atoms with Crippen molar-refractivity contribution in [2.75, 3.05) is 20.3 Å². The Morgan fingerprint density at radius 1 is 0.388 bits per heavy atom. The van der Waals surface area contributed by atoms with Crippen molar-refractivity contribution in [3.63, 3.8) is 0 Å².